The normalized spacial score (nSPS) is 12.8. The van der Waals surface area contributed by atoms with E-state index >= 15 is 0 Å². The molecule has 0 fully saturated rings. The highest BCUT2D eigenvalue weighted by Crippen LogP contribution is 2.27. The Morgan fingerprint density at radius 2 is 1.29 bits per heavy atom. The van der Waals surface area contributed by atoms with Gasteiger partial charge in [-0.05, 0) is 56.3 Å². The predicted octanol–water partition coefficient (Wildman–Crippen LogP) is 3.29. The lowest BCUT2D eigenvalue weighted by molar-refractivity contribution is -0.114. The van der Waals surface area contributed by atoms with E-state index < -0.39 is 6.03 Å². The Morgan fingerprint density at radius 3 is 1.86 bits per heavy atom. The van der Waals surface area contributed by atoms with Crippen LogP contribution in [0.15, 0.2) is 42.5 Å². The van der Waals surface area contributed by atoms with Crippen LogP contribution in [0.2, 0.25) is 0 Å². The average Bonchev–Trinajstić information content (AvgIpc) is 2.86. The van der Waals surface area contributed by atoms with Crippen molar-refractivity contribution in [3.63, 3.8) is 0 Å². The second kappa shape index (κ2) is 7.51. The number of amides is 5. The number of rotatable bonds is 4. The van der Waals surface area contributed by atoms with Crippen LogP contribution in [-0.4, -0.2) is 34.7 Å². The van der Waals surface area contributed by atoms with E-state index in [0.717, 1.165) is 0 Å². The summed E-state index contributed by atoms with van der Waals surface area (Å²) in [6.07, 6.45) is 0. The molecule has 0 saturated carbocycles. The van der Waals surface area contributed by atoms with Crippen LogP contribution in [0.1, 0.15) is 41.5 Å². The zero-order valence-corrected chi connectivity index (χ0v) is 15.7. The smallest absolute Gasteiger partial charge is 0.323 e. The highest BCUT2D eigenvalue weighted by molar-refractivity contribution is 6.22. The van der Waals surface area contributed by atoms with Crippen molar-refractivity contribution in [2.75, 3.05) is 16.0 Å². The summed E-state index contributed by atoms with van der Waals surface area (Å²) in [6.45, 7) is 4.95. The van der Waals surface area contributed by atoms with Crippen LogP contribution in [-0.2, 0) is 4.79 Å². The third-order valence-corrected chi connectivity index (χ3v) is 4.16. The number of anilines is 3. The summed E-state index contributed by atoms with van der Waals surface area (Å²) >= 11 is 0. The molecule has 5 amide bonds. The highest BCUT2D eigenvalue weighted by Gasteiger charge is 2.37. The molecule has 1 heterocycles. The lowest BCUT2D eigenvalue weighted by Gasteiger charge is -2.17. The van der Waals surface area contributed by atoms with E-state index in [-0.39, 0.29) is 29.3 Å². The minimum atomic E-state index is -0.496. The van der Waals surface area contributed by atoms with Gasteiger partial charge in [0, 0.05) is 30.0 Å². The third kappa shape index (κ3) is 3.85. The molecule has 144 valence electrons. The molecule has 1 aliphatic rings. The molecule has 0 radical (unpaired) electrons. The molecular formula is C20H20N4O4. The predicted molar refractivity (Wildman–Crippen MR) is 105 cm³/mol. The topological polar surface area (TPSA) is 108 Å². The van der Waals surface area contributed by atoms with Crippen LogP contribution in [0.3, 0.4) is 0 Å². The van der Waals surface area contributed by atoms with Crippen molar-refractivity contribution in [2.45, 2.75) is 26.8 Å². The number of nitrogens with zero attached hydrogens (tertiary/aromatic N) is 1. The largest absolute Gasteiger partial charge is 0.326 e. The van der Waals surface area contributed by atoms with Gasteiger partial charge in [0.1, 0.15) is 0 Å². The fraction of sp³-hybridized carbons (Fsp3) is 0.200. The first kappa shape index (κ1) is 19.1. The van der Waals surface area contributed by atoms with Crippen molar-refractivity contribution in [3.05, 3.63) is 53.6 Å². The molecule has 0 atom stereocenters. The van der Waals surface area contributed by atoms with E-state index in [9.17, 15) is 19.2 Å². The summed E-state index contributed by atoms with van der Waals surface area (Å²) in [7, 11) is 0. The third-order valence-electron chi connectivity index (χ3n) is 4.16. The van der Waals surface area contributed by atoms with Crippen LogP contribution >= 0.6 is 0 Å². The maximum atomic E-state index is 12.4. The Labute approximate surface area is 161 Å². The van der Waals surface area contributed by atoms with E-state index in [4.69, 9.17) is 0 Å². The van der Waals surface area contributed by atoms with E-state index in [2.05, 4.69) is 16.0 Å². The molecule has 0 unspecified atom stereocenters. The summed E-state index contributed by atoms with van der Waals surface area (Å²) in [4.78, 5) is 49.2. The molecular weight excluding hydrogens is 360 g/mol. The molecule has 3 rings (SSSR count). The van der Waals surface area contributed by atoms with Crippen LogP contribution in [0, 0.1) is 0 Å². The number of carbonyl (C=O) groups excluding carboxylic acids is 4. The van der Waals surface area contributed by atoms with E-state index in [0.29, 0.717) is 22.6 Å². The SMILES string of the molecule is CC(=O)Nc1ccc(NC(=O)Nc2ccc3c(c2)C(=O)N(C(C)C)C3=O)cc1. The second-order valence-electron chi connectivity index (χ2n) is 6.67. The van der Waals surface area contributed by atoms with Gasteiger partial charge in [0.25, 0.3) is 11.8 Å². The minimum Gasteiger partial charge on any atom is -0.326 e. The number of fused-ring (bicyclic) bond motifs is 1. The number of benzene rings is 2. The molecule has 0 spiro atoms. The van der Waals surface area contributed by atoms with Gasteiger partial charge in [-0.3, -0.25) is 19.3 Å². The van der Waals surface area contributed by atoms with Gasteiger partial charge in [0.15, 0.2) is 0 Å². The van der Waals surface area contributed by atoms with E-state index in [1.165, 1.54) is 24.0 Å². The molecule has 28 heavy (non-hydrogen) atoms. The van der Waals surface area contributed by atoms with E-state index in [1.54, 1.807) is 44.2 Å². The number of hydrogen-bond acceptors (Lipinski definition) is 4. The van der Waals surface area contributed by atoms with Gasteiger partial charge in [-0.1, -0.05) is 0 Å². The minimum absolute atomic E-state index is 0.181. The van der Waals surface area contributed by atoms with Crippen molar-refractivity contribution in [1.29, 1.82) is 0 Å². The fourth-order valence-corrected chi connectivity index (χ4v) is 2.94. The van der Waals surface area contributed by atoms with Crippen LogP contribution in [0.25, 0.3) is 0 Å². The molecule has 3 N–H and O–H groups in total. The standard InChI is InChI=1S/C20H20N4O4/c1-11(2)24-18(26)16-9-8-15(10-17(16)19(24)27)23-20(28)22-14-6-4-13(5-7-14)21-12(3)25/h4-11H,1-3H3,(H,21,25)(H2,22,23,28). The summed E-state index contributed by atoms with van der Waals surface area (Å²) in [6, 6.07) is 10.5. The maximum Gasteiger partial charge on any atom is 0.323 e. The zero-order valence-electron chi connectivity index (χ0n) is 15.7. The van der Waals surface area contributed by atoms with Crippen molar-refractivity contribution < 1.29 is 19.2 Å². The highest BCUT2D eigenvalue weighted by atomic mass is 16.2. The van der Waals surface area contributed by atoms with Crippen molar-refractivity contribution in [2.24, 2.45) is 0 Å². The molecule has 8 heteroatoms. The molecule has 0 saturated heterocycles. The lowest BCUT2D eigenvalue weighted by atomic mass is 10.1. The molecule has 1 aliphatic heterocycles. The molecule has 0 aromatic heterocycles. The first-order valence-electron chi connectivity index (χ1n) is 8.74. The Morgan fingerprint density at radius 1 is 0.786 bits per heavy atom. The van der Waals surface area contributed by atoms with Gasteiger partial charge in [0.2, 0.25) is 5.91 Å². The van der Waals surface area contributed by atoms with Crippen molar-refractivity contribution >= 4 is 40.8 Å². The van der Waals surface area contributed by atoms with Gasteiger partial charge < -0.3 is 16.0 Å². The van der Waals surface area contributed by atoms with Crippen molar-refractivity contribution in [3.8, 4) is 0 Å². The molecule has 2 aromatic carbocycles. The molecule has 0 aliphatic carbocycles. The Balaban J connectivity index is 1.68. The Kier molecular flexibility index (Phi) is 5.12. The Bertz CT molecular complexity index is 967. The lowest BCUT2D eigenvalue weighted by Crippen LogP contribution is -2.35. The summed E-state index contributed by atoms with van der Waals surface area (Å²) in [5, 5.41) is 7.94. The van der Waals surface area contributed by atoms with Gasteiger partial charge in [-0.25, -0.2) is 4.79 Å². The zero-order chi connectivity index (χ0) is 20.4. The summed E-state index contributed by atoms with van der Waals surface area (Å²) in [5.41, 5.74) is 2.16. The molecule has 8 nitrogen and oxygen atoms in total. The van der Waals surface area contributed by atoms with Crippen LogP contribution in [0.4, 0.5) is 21.9 Å². The number of nitrogens with one attached hydrogen (secondary N) is 3. The van der Waals surface area contributed by atoms with Gasteiger partial charge in [0.05, 0.1) is 11.1 Å². The Hall–Kier alpha value is -3.68. The second-order valence-corrected chi connectivity index (χ2v) is 6.67. The molecule has 2 aromatic rings. The van der Waals surface area contributed by atoms with Crippen LogP contribution in [0.5, 0.6) is 0 Å². The number of urea groups is 1. The summed E-state index contributed by atoms with van der Waals surface area (Å²) in [5.74, 6) is -0.878. The van der Waals surface area contributed by atoms with Gasteiger partial charge in [-0.15, -0.1) is 0 Å². The van der Waals surface area contributed by atoms with Gasteiger partial charge >= 0.3 is 6.03 Å². The molecule has 0 bridgehead atoms. The first-order valence-corrected chi connectivity index (χ1v) is 8.74. The fourth-order valence-electron chi connectivity index (χ4n) is 2.94. The number of hydrogen-bond donors (Lipinski definition) is 3. The first-order chi connectivity index (χ1) is 13.3. The van der Waals surface area contributed by atoms with Crippen molar-refractivity contribution in [1.82, 2.24) is 4.90 Å². The number of imide groups is 1. The maximum absolute atomic E-state index is 12.4. The monoisotopic (exact) mass is 380 g/mol. The average molecular weight is 380 g/mol. The number of carbonyl (C=O) groups is 4. The van der Waals surface area contributed by atoms with E-state index in [1.807, 2.05) is 0 Å². The summed E-state index contributed by atoms with van der Waals surface area (Å²) < 4.78 is 0. The van der Waals surface area contributed by atoms with Crippen LogP contribution < -0.4 is 16.0 Å². The van der Waals surface area contributed by atoms with Gasteiger partial charge in [-0.2, -0.15) is 0 Å². The quantitative estimate of drug-likeness (QED) is 0.707.